The molecule has 0 aliphatic rings. The first-order valence-corrected chi connectivity index (χ1v) is 7.75. The van der Waals surface area contributed by atoms with Crippen LogP contribution in [-0.2, 0) is 17.3 Å². The predicted molar refractivity (Wildman–Crippen MR) is 80.1 cm³/mol. The molecule has 0 aliphatic carbocycles. The summed E-state index contributed by atoms with van der Waals surface area (Å²) >= 11 is 5.81. The van der Waals surface area contributed by atoms with E-state index in [1.165, 1.54) is 0 Å². The fourth-order valence-electron chi connectivity index (χ4n) is 1.74. The highest BCUT2D eigenvalue weighted by atomic mass is 35.5. The zero-order valence-electron chi connectivity index (χ0n) is 10.8. The van der Waals surface area contributed by atoms with E-state index in [2.05, 4.69) is 4.98 Å². The second-order valence-corrected chi connectivity index (χ2v) is 6.10. The second-order valence-electron chi connectivity index (χ2n) is 4.29. The molecule has 0 aliphatic heterocycles. The molecule has 0 saturated heterocycles. The van der Waals surface area contributed by atoms with E-state index in [-0.39, 0.29) is 0 Å². The molecule has 1 atom stereocenters. The first kappa shape index (κ1) is 14.0. The Kier molecular flexibility index (Phi) is 4.56. The second kappa shape index (κ2) is 6.17. The molecule has 0 saturated carbocycles. The summed E-state index contributed by atoms with van der Waals surface area (Å²) in [5.74, 6) is 0.868. The van der Waals surface area contributed by atoms with Gasteiger partial charge in [0.25, 0.3) is 0 Å². The molecule has 0 amide bonds. The van der Waals surface area contributed by atoms with Crippen molar-refractivity contribution in [3.63, 3.8) is 0 Å². The highest BCUT2D eigenvalue weighted by Gasteiger charge is 2.04. The summed E-state index contributed by atoms with van der Waals surface area (Å²) in [6.45, 7) is 0.741. The van der Waals surface area contributed by atoms with Crippen molar-refractivity contribution in [3.05, 3.63) is 53.2 Å². The fraction of sp³-hybridized carbons (Fsp3) is 0.214. The SMILES string of the molecule is CN(Cc1ccc([S@](C)=O)cc1)c1ccc(Cl)cn1. The number of hydrogen-bond donors (Lipinski definition) is 0. The quantitative estimate of drug-likeness (QED) is 0.869. The molecule has 2 aromatic rings. The van der Waals surface area contributed by atoms with Gasteiger partial charge in [-0.1, -0.05) is 23.7 Å². The van der Waals surface area contributed by atoms with E-state index in [9.17, 15) is 4.21 Å². The Morgan fingerprint density at radius 3 is 2.42 bits per heavy atom. The van der Waals surface area contributed by atoms with E-state index in [0.29, 0.717) is 5.02 Å². The van der Waals surface area contributed by atoms with Gasteiger partial charge in [-0.25, -0.2) is 4.98 Å². The van der Waals surface area contributed by atoms with Crippen LogP contribution in [0.25, 0.3) is 0 Å². The number of nitrogens with zero attached hydrogens (tertiary/aromatic N) is 2. The summed E-state index contributed by atoms with van der Waals surface area (Å²) in [5.41, 5.74) is 1.15. The smallest absolute Gasteiger partial charge is 0.128 e. The third-order valence-corrected chi connectivity index (χ3v) is 3.94. The summed E-state index contributed by atoms with van der Waals surface area (Å²) < 4.78 is 11.3. The topological polar surface area (TPSA) is 33.2 Å². The summed E-state index contributed by atoms with van der Waals surface area (Å²) in [7, 11) is 1.05. The lowest BCUT2D eigenvalue weighted by atomic mass is 10.2. The van der Waals surface area contributed by atoms with Crippen LogP contribution in [0.2, 0.25) is 5.02 Å². The fourth-order valence-corrected chi connectivity index (χ4v) is 2.37. The van der Waals surface area contributed by atoms with Gasteiger partial charge in [-0.15, -0.1) is 0 Å². The lowest BCUT2D eigenvalue weighted by Gasteiger charge is -2.18. The molecule has 1 aromatic carbocycles. The minimum absolute atomic E-state index is 0.631. The summed E-state index contributed by atoms with van der Waals surface area (Å²) in [5, 5.41) is 0.631. The Balaban J connectivity index is 2.08. The van der Waals surface area contributed by atoms with Gasteiger partial charge in [0, 0.05) is 41.7 Å². The number of pyridine rings is 1. The van der Waals surface area contributed by atoms with Crippen LogP contribution in [0.4, 0.5) is 5.82 Å². The van der Waals surface area contributed by atoms with Gasteiger partial charge in [0.1, 0.15) is 5.82 Å². The van der Waals surface area contributed by atoms with Crippen molar-refractivity contribution in [2.24, 2.45) is 0 Å². The minimum Gasteiger partial charge on any atom is -0.355 e. The molecule has 19 heavy (non-hydrogen) atoms. The molecule has 0 bridgehead atoms. The molecule has 0 radical (unpaired) electrons. The predicted octanol–water partition coefficient (Wildman–Crippen LogP) is 3.11. The normalized spacial score (nSPS) is 12.2. The van der Waals surface area contributed by atoms with Crippen molar-refractivity contribution in [1.29, 1.82) is 0 Å². The minimum atomic E-state index is -0.929. The molecular formula is C14H15ClN2OS. The van der Waals surface area contributed by atoms with E-state index in [1.807, 2.05) is 48.3 Å². The van der Waals surface area contributed by atoms with Crippen molar-refractivity contribution in [2.75, 3.05) is 18.2 Å². The molecule has 0 unspecified atom stereocenters. The average molecular weight is 295 g/mol. The third-order valence-electron chi connectivity index (χ3n) is 2.78. The number of anilines is 1. The number of benzene rings is 1. The number of aromatic nitrogens is 1. The molecule has 0 fully saturated rings. The van der Waals surface area contributed by atoms with E-state index in [1.54, 1.807) is 12.5 Å². The highest BCUT2D eigenvalue weighted by molar-refractivity contribution is 7.84. The maximum Gasteiger partial charge on any atom is 0.128 e. The van der Waals surface area contributed by atoms with E-state index < -0.39 is 10.8 Å². The molecule has 0 spiro atoms. The first-order valence-electron chi connectivity index (χ1n) is 5.81. The van der Waals surface area contributed by atoms with Gasteiger partial charge in [0.2, 0.25) is 0 Å². The van der Waals surface area contributed by atoms with Gasteiger partial charge in [0.15, 0.2) is 0 Å². The summed E-state index contributed by atoms with van der Waals surface area (Å²) in [6, 6.07) is 11.5. The van der Waals surface area contributed by atoms with Gasteiger partial charge < -0.3 is 4.90 Å². The molecule has 1 heterocycles. The Hall–Kier alpha value is -1.39. The van der Waals surface area contributed by atoms with E-state index >= 15 is 0 Å². The number of hydrogen-bond acceptors (Lipinski definition) is 3. The van der Waals surface area contributed by atoms with Crippen molar-refractivity contribution in [2.45, 2.75) is 11.4 Å². The van der Waals surface area contributed by atoms with Gasteiger partial charge in [-0.3, -0.25) is 4.21 Å². The van der Waals surface area contributed by atoms with E-state index in [4.69, 9.17) is 11.6 Å². The largest absolute Gasteiger partial charge is 0.355 e. The zero-order valence-corrected chi connectivity index (χ0v) is 12.4. The van der Waals surface area contributed by atoms with Crippen molar-refractivity contribution < 1.29 is 4.21 Å². The Bertz CT molecular complexity index is 569. The lowest BCUT2D eigenvalue weighted by molar-refractivity contribution is 0.687. The van der Waals surface area contributed by atoms with Crippen LogP contribution in [0.5, 0.6) is 0 Å². The lowest BCUT2D eigenvalue weighted by Crippen LogP contribution is -2.17. The molecule has 0 N–H and O–H groups in total. The molecule has 5 heteroatoms. The van der Waals surface area contributed by atoms with Crippen LogP contribution in [0.1, 0.15) is 5.56 Å². The van der Waals surface area contributed by atoms with Crippen molar-refractivity contribution in [1.82, 2.24) is 4.98 Å². The van der Waals surface area contributed by atoms with Crippen LogP contribution in [-0.4, -0.2) is 22.5 Å². The Labute approximate surface area is 120 Å². The van der Waals surface area contributed by atoms with Gasteiger partial charge in [0.05, 0.1) is 5.02 Å². The van der Waals surface area contributed by atoms with Crippen molar-refractivity contribution >= 4 is 28.2 Å². The highest BCUT2D eigenvalue weighted by Crippen LogP contribution is 2.16. The Morgan fingerprint density at radius 1 is 1.21 bits per heavy atom. The maximum atomic E-state index is 11.3. The first-order chi connectivity index (χ1) is 9.06. The summed E-state index contributed by atoms with van der Waals surface area (Å²) in [6.07, 6.45) is 3.31. The van der Waals surface area contributed by atoms with Crippen LogP contribution in [0.3, 0.4) is 0 Å². The zero-order chi connectivity index (χ0) is 13.8. The summed E-state index contributed by atoms with van der Waals surface area (Å²) in [4.78, 5) is 7.14. The van der Waals surface area contributed by atoms with Crippen LogP contribution in [0.15, 0.2) is 47.5 Å². The van der Waals surface area contributed by atoms with Crippen molar-refractivity contribution in [3.8, 4) is 0 Å². The molecule has 2 rings (SSSR count). The molecular weight excluding hydrogens is 280 g/mol. The van der Waals surface area contributed by atoms with Crippen LogP contribution in [0, 0.1) is 0 Å². The van der Waals surface area contributed by atoms with Gasteiger partial charge in [-0.2, -0.15) is 0 Å². The standard InChI is InChI=1S/C14H15ClN2OS/c1-17(14-8-5-12(15)9-16-14)10-11-3-6-13(7-4-11)19(2)18/h3-9H,10H2,1-2H3/t19-/m0/s1. The van der Waals surface area contributed by atoms with E-state index in [0.717, 1.165) is 22.8 Å². The Morgan fingerprint density at radius 2 is 1.89 bits per heavy atom. The van der Waals surface area contributed by atoms with Gasteiger partial charge in [-0.05, 0) is 29.8 Å². The molecule has 1 aromatic heterocycles. The maximum absolute atomic E-state index is 11.3. The van der Waals surface area contributed by atoms with Gasteiger partial charge >= 0.3 is 0 Å². The van der Waals surface area contributed by atoms with Crippen LogP contribution >= 0.6 is 11.6 Å². The number of rotatable bonds is 4. The third kappa shape index (κ3) is 3.78. The monoisotopic (exact) mass is 294 g/mol. The molecule has 100 valence electrons. The number of halogens is 1. The average Bonchev–Trinajstić information content (AvgIpc) is 2.40. The van der Waals surface area contributed by atoms with Crippen LogP contribution < -0.4 is 4.90 Å². The molecule has 3 nitrogen and oxygen atoms in total.